The molecule has 0 aliphatic heterocycles. The van der Waals surface area contributed by atoms with E-state index in [2.05, 4.69) is 0 Å². The van der Waals surface area contributed by atoms with Crippen LogP contribution in [0, 0.1) is 0 Å². The lowest BCUT2D eigenvalue weighted by Gasteiger charge is -1.86. The van der Waals surface area contributed by atoms with E-state index in [1.165, 1.54) is 0 Å². The molecule has 1 rings (SSSR count). The monoisotopic (exact) mass is 122 g/mol. The molecule has 0 aromatic heterocycles. The summed E-state index contributed by atoms with van der Waals surface area (Å²) in [4.78, 5) is 0. The summed E-state index contributed by atoms with van der Waals surface area (Å²) in [5.74, 6) is 0. The van der Waals surface area contributed by atoms with E-state index in [0.717, 1.165) is 6.08 Å². The van der Waals surface area contributed by atoms with Gasteiger partial charge in [0.15, 0.2) is 0 Å². The highest BCUT2D eigenvalue weighted by Gasteiger charge is 1.77. The molecule has 0 aliphatic carbocycles. The van der Waals surface area contributed by atoms with E-state index in [1.807, 2.05) is 6.07 Å². The molecule has 0 radical (unpaired) electrons. The van der Waals surface area contributed by atoms with Crippen molar-refractivity contribution in [3.05, 3.63) is 42.0 Å². The molecule has 0 nitrogen and oxygen atoms in total. The van der Waals surface area contributed by atoms with Crippen molar-refractivity contribution in [3.8, 4) is 0 Å². The van der Waals surface area contributed by atoms with Crippen molar-refractivity contribution in [1.29, 1.82) is 0 Å². The Hall–Kier alpha value is -1.04. The molecule has 0 saturated heterocycles. The highest BCUT2D eigenvalue weighted by atomic mass is 13.8. The molecule has 0 heterocycles. The molecule has 0 fully saturated rings. The third-order valence-electron chi connectivity index (χ3n) is 1.01. The number of rotatable bonds is 1. The standard InChI is InChI=1S/C9H10/c1-2-6-9-7-4-3-5-8-9/h2-8H,1H3/b6-2+/i1D3,6D. The number of benzene rings is 1. The highest BCUT2D eigenvalue weighted by Crippen LogP contribution is 1.99. The Bertz CT molecular complexity index is 297. The minimum atomic E-state index is -2.17. The summed E-state index contributed by atoms with van der Waals surface area (Å²) in [5, 5.41) is 0. The average Bonchev–Trinajstić information content (AvgIpc) is 2.03. The first-order valence-electron chi connectivity index (χ1n) is 4.74. The van der Waals surface area contributed by atoms with Crippen molar-refractivity contribution in [3.63, 3.8) is 0 Å². The number of hydrogen-bond acceptors (Lipinski definition) is 0. The predicted octanol–water partition coefficient (Wildman–Crippen LogP) is 2.72. The van der Waals surface area contributed by atoms with Crippen LogP contribution < -0.4 is 0 Å². The Morgan fingerprint density at radius 3 is 2.89 bits per heavy atom. The van der Waals surface area contributed by atoms with Gasteiger partial charge in [-0.3, -0.25) is 0 Å². The summed E-state index contributed by atoms with van der Waals surface area (Å²) in [6.45, 7) is -2.17. The zero-order valence-corrected chi connectivity index (χ0v) is 4.96. The Balaban J connectivity index is 2.92. The summed E-state index contributed by atoms with van der Waals surface area (Å²) >= 11 is 0. The Morgan fingerprint density at radius 2 is 2.22 bits per heavy atom. The van der Waals surface area contributed by atoms with Crippen molar-refractivity contribution in [2.75, 3.05) is 0 Å². The zero-order valence-electron chi connectivity index (χ0n) is 8.96. The van der Waals surface area contributed by atoms with Crippen LogP contribution in [0.15, 0.2) is 36.4 Å². The van der Waals surface area contributed by atoms with E-state index in [0.29, 0.717) is 5.56 Å². The average molecular weight is 122 g/mol. The van der Waals surface area contributed by atoms with Gasteiger partial charge in [-0.25, -0.2) is 0 Å². The molecule has 0 bridgehead atoms. The summed E-state index contributed by atoms with van der Waals surface area (Å²) in [6, 6.07) is 8.84. The van der Waals surface area contributed by atoms with Crippen molar-refractivity contribution in [2.24, 2.45) is 0 Å². The third-order valence-corrected chi connectivity index (χ3v) is 1.01. The molecular weight excluding hydrogens is 108 g/mol. The molecule has 0 N–H and O–H groups in total. The van der Waals surface area contributed by atoms with Crippen molar-refractivity contribution in [1.82, 2.24) is 0 Å². The van der Waals surface area contributed by atoms with Crippen LogP contribution >= 0.6 is 0 Å². The normalized spacial score (nSPS) is 19.3. The first kappa shape index (κ1) is 2.70. The van der Waals surface area contributed by atoms with Gasteiger partial charge in [0.1, 0.15) is 0 Å². The second-order valence-electron chi connectivity index (χ2n) is 1.65. The smallest absolute Gasteiger partial charge is 0.0626 e. The molecule has 46 valence electrons. The van der Waals surface area contributed by atoms with Crippen LogP contribution in [0.3, 0.4) is 0 Å². The van der Waals surface area contributed by atoms with Gasteiger partial charge in [-0.2, -0.15) is 0 Å². The van der Waals surface area contributed by atoms with E-state index < -0.39 is 6.85 Å². The molecule has 0 atom stereocenters. The topological polar surface area (TPSA) is 0 Å². The molecule has 0 heteroatoms. The molecule has 1 aromatic rings. The van der Waals surface area contributed by atoms with Crippen LogP contribution in [-0.4, -0.2) is 0 Å². The molecule has 0 spiro atoms. The number of hydrogen-bond donors (Lipinski definition) is 0. The Morgan fingerprint density at radius 1 is 1.44 bits per heavy atom. The van der Waals surface area contributed by atoms with Crippen molar-refractivity contribution in [2.45, 2.75) is 6.85 Å². The van der Waals surface area contributed by atoms with E-state index in [-0.39, 0.29) is 6.05 Å². The predicted molar refractivity (Wildman–Crippen MR) is 41.2 cm³/mol. The lowest BCUT2D eigenvalue weighted by atomic mass is 10.2. The highest BCUT2D eigenvalue weighted by molar-refractivity contribution is 5.47. The molecule has 0 unspecified atom stereocenters. The van der Waals surface area contributed by atoms with E-state index in [9.17, 15) is 0 Å². The summed E-state index contributed by atoms with van der Waals surface area (Å²) in [6.07, 6.45) is 0.975. The molecule has 1 aromatic carbocycles. The summed E-state index contributed by atoms with van der Waals surface area (Å²) in [5.41, 5.74) is 0.624. The second-order valence-corrected chi connectivity index (χ2v) is 1.65. The van der Waals surface area contributed by atoms with Crippen LogP contribution in [0.5, 0.6) is 0 Å². The van der Waals surface area contributed by atoms with Crippen LogP contribution in [-0.2, 0) is 0 Å². The first-order valence-corrected chi connectivity index (χ1v) is 2.74. The quantitative estimate of drug-likeness (QED) is 0.537. The van der Waals surface area contributed by atoms with Crippen molar-refractivity contribution >= 4 is 6.05 Å². The van der Waals surface area contributed by atoms with Gasteiger partial charge in [-0.15, -0.1) is 0 Å². The molecule has 0 amide bonds. The molecule has 9 heavy (non-hydrogen) atoms. The van der Waals surface area contributed by atoms with Gasteiger partial charge in [0, 0.05) is 4.11 Å². The molecular formula is C9H10. The lowest BCUT2D eigenvalue weighted by molar-refractivity contribution is 1.64. The van der Waals surface area contributed by atoms with Crippen LogP contribution in [0.2, 0.25) is 0 Å². The van der Waals surface area contributed by atoms with Gasteiger partial charge in [0.25, 0.3) is 0 Å². The van der Waals surface area contributed by atoms with E-state index in [1.54, 1.807) is 24.3 Å². The van der Waals surface area contributed by atoms with Crippen molar-refractivity contribution < 1.29 is 5.48 Å². The van der Waals surface area contributed by atoms with E-state index in [4.69, 9.17) is 5.48 Å². The van der Waals surface area contributed by atoms with Gasteiger partial charge in [-0.05, 0) is 12.4 Å². The number of allylic oxidation sites excluding steroid dienone is 1. The van der Waals surface area contributed by atoms with Crippen LogP contribution in [0.1, 0.15) is 17.9 Å². The van der Waals surface area contributed by atoms with Crippen LogP contribution in [0.4, 0.5) is 0 Å². The molecule has 0 aliphatic rings. The summed E-state index contributed by atoms with van der Waals surface area (Å²) < 4.78 is 28.3. The zero-order chi connectivity index (χ0) is 9.90. The van der Waals surface area contributed by atoms with Gasteiger partial charge in [0.2, 0.25) is 0 Å². The maximum Gasteiger partial charge on any atom is 0.0626 e. The maximum atomic E-state index is 7.47. The minimum Gasteiger partial charge on any atom is -0.0871 e. The lowest BCUT2D eigenvalue weighted by Crippen LogP contribution is -1.65. The fourth-order valence-corrected chi connectivity index (χ4v) is 0.618. The second kappa shape index (κ2) is 3.08. The molecule has 0 saturated carbocycles. The van der Waals surface area contributed by atoms with E-state index >= 15 is 0 Å². The minimum absolute atomic E-state index is 0.0422. The van der Waals surface area contributed by atoms with Gasteiger partial charge in [-0.1, -0.05) is 42.5 Å². The van der Waals surface area contributed by atoms with Crippen LogP contribution in [0.25, 0.3) is 6.05 Å². The summed E-state index contributed by atoms with van der Waals surface area (Å²) in [7, 11) is 0. The van der Waals surface area contributed by atoms with Gasteiger partial charge in [0.05, 0.1) is 1.37 Å². The SMILES string of the molecule is [2H]/C(=C\C([2H])([2H])[2H])c1ccccc1. The van der Waals surface area contributed by atoms with Gasteiger partial charge >= 0.3 is 0 Å². The van der Waals surface area contributed by atoms with Gasteiger partial charge < -0.3 is 0 Å². The first-order chi connectivity index (χ1) is 5.99. The Labute approximate surface area is 61.5 Å². The third kappa shape index (κ3) is 1.73. The largest absolute Gasteiger partial charge is 0.0871 e. The maximum absolute atomic E-state index is 7.47. The Kier molecular flexibility index (Phi) is 0.922. The fraction of sp³-hybridized carbons (Fsp3) is 0.111. The fourth-order valence-electron chi connectivity index (χ4n) is 0.618.